The van der Waals surface area contributed by atoms with Crippen LogP contribution in [0.2, 0.25) is 0 Å². The fourth-order valence-electron chi connectivity index (χ4n) is 3.43. The van der Waals surface area contributed by atoms with Crippen LogP contribution >= 0.6 is 0 Å². The first-order valence-electron chi connectivity index (χ1n) is 7.63. The second-order valence-corrected chi connectivity index (χ2v) is 5.72. The Labute approximate surface area is 120 Å². The van der Waals surface area contributed by atoms with Crippen LogP contribution in [-0.2, 0) is 4.74 Å². The van der Waals surface area contributed by atoms with Crippen LogP contribution in [0.1, 0.15) is 31.4 Å². The number of rotatable bonds is 4. The Kier molecular flexibility index (Phi) is 4.34. The van der Waals surface area contributed by atoms with Gasteiger partial charge in [-0.2, -0.15) is 0 Å². The lowest BCUT2D eigenvalue weighted by atomic mass is 9.98. The number of nitrogens with zero attached hydrogens (tertiary/aromatic N) is 1. The van der Waals surface area contributed by atoms with Crippen LogP contribution in [0.3, 0.4) is 0 Å². The molecule has 3 nitrogen and oxygen atoms in total. The van der Waals surface area contributed by atoms with Crippen LogP contribution in [-0.4, -0.2) is 43.3 Å². The van der Waals surface area contributed by atoms with Crippen molar-refractivity contribution in [2.24, 2.45) is 0 Å². The fourth-order valence-corrected chi connectivity index (χ4v) is 3.43. The van der Waals surface area contributed by atoms with Crippen molar-refractivity contribution in [2.45, 2.75) is 38.0 Å². The van der Waals surface area contributed by atoms with Gasteiger partial charge in [0, 0.05) is 18.2 Å². The second kappa shape index (κ2) is 6.20. The summed E-state index contributed by atoms with van der Waals surface area (Å²) in [5, 5.41) is 3.40. The molecule has 20 heavy (non-hydrogen) atoms. The molecule has 3 rings (SSSR count). The maximum atomic E-state index is 14.1. The summed E-state index contributed by atoms with van der Waals surface area (Å²) < 4.78 is 20.1. The van der Waals surface area contributed by atoms with E-state index in [9.17, 15) is 4.39 Å². The molecule has 0 spiro atoms. The highest BCUT2D eigenvalue weighted by molar-refractivity contribution is 5.23. The van der Waals surface area contributed by atoms with Crippen molar-refractivity contribution >= 4 is 0 Å². The Morgan fingerprint density at radius 1 is 1.45 bits per heavy atom. The van der Waals surface area contributed by atoms with E-state index in [0.29, 0.717) is 6.04 Å². The summed E-state index contributed by atoms with van der Waals surface area (Å²) >= 11 is 0. The number of likely N-dealkylation sites (N-methyl/N-ethyl adjacent to an activating group) is 1. The topological polar surface area (TPSA) is 24.5 Å². The molecule has 3 atom stereocenters. The van der Waals surface area contributed by atoms with Crippen molar-refractivity contribution in [2.75, 3.05) is 26.2 Å². The molecule has 4 heteroatoms. The molecule has 2 heterocycles. The lowest BCUT2D eigenvalue weighted by Gasteiger charge is -2.39. The molecule has 0 aromatic heterocycles. The monoisotopic (exact) mass is 278 g/mol. The van der Waals surface area contributed by atoms with Gasteiger partial charge in [-0.15, -0.1) is 0 Å². The highest BCUT2D eigenvalue weighted by Gasteiger charge is 2.36. The summed E-state index contributed by atoms with van der Waals surface area (Å²) in [6.07, 6.45) is 2.52. The Morgan fingerprint density at radius 3 is 3.10 bits per heavy atom. The van der Waals surface area contributed by atoms with Gasteiger partial charge in [-0.05, 0) is 32.0 Å². The first-order valence-corrected chi connectivity index (χ1v) is 7.63. The SMILES string of the molecule is CCNC(c1ccccc1F)C1CN2CCCC2CO1. The van der Waals surface area contributed by atoms with Crippen LogP contribution in [0, 0.1) is 5.82 Å². The highest BCUT2D eigenvalue weighted by atomic mass is 19.1. The fraction of sp³-hybridized carbons (Fsp3) is 0.625. The zero-order valence-corrected chi connectivity index (χ0v) is 12.0. The van der Waals surface area contributed by atoms with Crippen LogP contribution in [0.25, 0.3) is 0 Å². The molecule has 2 aliphatic rings. The molecule has 1 N–H and O–H groups in total. The molecule has 1 aromatic rings. The standard InChI is InChI=1S/C16H23FN2O/c1-2-18-16(13-7-3-4-8-14(13)17)15-10-19-9-5-6-12(19)11-20-15/h3-4,7-8,12,15-16,18H,2,5-6,9-11H2,1H3. The summed E-state index contributed by atoms with van der Waals surface area (Å²) in [6, 6.07) is 7.53. The Bertz CT molecular complexity index is 454. The minimum atomic E-state index is -0.148. The number of fused-ring (bicyclic) bond motifs is 1. The lowest BCUT2D eigenvalue weighted by molar-refractivity contribution is -0.0655. The zero-order chi connectivity index (χ0) is 13.9. The van der Waals surface area contributed by atoms with Crippen LogP contribution in [0.15, 0.2) is 24.3 Å². The molecule has 0 aliphatic carbocycles. The van der Waals surface area contributed by atoms with E-state index in [1.807, 2.05) is 12.1 Å². The van der Waals surface area contributed by atoms with E-state index in [2.05, 4.69) is 17.1 Å². The number of ether oxygens (including phenoxy) is 1. The zero-order valence-electron chi connectivity index (χ0n) is 12.0. The van der Waals surface area contributed by atoms with Gasteiger partial charge in [0.25, 0.3) is 0 Å². The number of nitrogens with one attached hydrogen (secondary N) is 1. The van der Waals surface area contributed by atoms with Gasteiger partial charge in [0.2, 0.25) is 0 Å². The molecular formula is C16H23FN2O. The molecule has 2 saturated heterocycles. The van der Waals surface area contributed by atoms with Gasteiger partial charge < -0.3 is 10.1 Å². The van der Waals surface area contributed by atoms with E-state index in [-0.39, 0.29) is 18.0 Å². The Balaban J connectivity index is 1.78. The minimum absolute atomic E-state index is 0.0289. The molecule has 0 bridgehead atoms. The largest absolute Gasteiger partial charge is 0.373 e. The molecule has 110 valence electrons. The van der Waals surface area contributed by atoms with E-state index in [1.165, 1.54) is 18.9 Å². The third-order valence-electron chi connectivity index (χ3n) is 4.45. The van der Waals surface area contributed by atoms with Crippen molar-refractivity contribution in [1.29, 1.82) is 0 Å². The highest BCUT2D eigenvalue weighted by Crippen LogP contribution is 2.29. The Hall–Kier alpha value is -0.970. The van der Waals surface area contributed by atoms with Gasteiger partial charge in [-0.1, -0.05) is 25.1 Å². The van der Waals surface area contributed by atoms with Crippen LogP contribution in [0.4, 0.5) is 4.39 Å². The lowest BCUT2D eigenvalue weighted by Crippen LogP contribution is -2.50. The summed E-state index contributed by atoms with van der Waals surface area (Å²) in [7, 11) is 0. The molecule has 0 radical (unpaired) electrons. The van der Waals surface area contributed by atoms with E-state index in [1.54, 1.807) is 6.07 Å². The second-order valence-electron chi connectivity index (χ2n) is 5.72. The molecule has 0 amide bonds. The summed E-state index contributed by atoms with van der Waals surface area (Å²) in [5.41, 5.74) is 0.719. The van der Waals surface area contributed by atoms with E-state index < -0.39 is 0 Å². The number of hydrogen-bond acceptors (Lipinski definition) is 3. The maximum absolute atomic E-state index is 14.1. The molecule has 1 aromatic carbocycles. The van der Waals surface area contributed by atoms with Gasteiger partial charge in [0.1, 0.15) is 5.82 Å². The van der Waals surface area contributed by atoms with E-state index >= 15 is 0 Å². The van der Waals surface area contributed by atoms with Crippen molar-refractivity contribution < 1.29 is 9.13 Å². The first-order chi connectivity index (χ1) is 9.79. The van der Waals surface area contributed by atoms with Gasteiger partial charge in [-0.3, -0.25) is 4.90 Å². The molecule has 2 fully saturated rings. The predicted molar refractivity (Wildman–Crippen MR) is 77.2 cm³/mol. The summed E-state index contributed by atoms with van der Waals surface area (Å²) in [5.74, 6) is -0.148. The third-order valence-corrected chi connectivity index (χ3v) is 4.45. The van der Waals surface area contributed by atoms with E-state index in [4.69, 9.17) is 4.74 Å². The first kappa shape index (κ1) is 14.0. The minimum Gasteiger partial charge on any atom is -0.373 e. The molecule has 0 saturated carbocycles. The van der Waals surface area contributed by atoms with Crippen LogP contribution < -0.4 is 5.32 Å². The van der Waals surface area contributed by atoms with Gasteiger partial charge in [0.05, 0.1) is 18.8 Å². The van der Waals surface area contributed by atoms with Crippen molar-refractivity contribution in [3.05, 3.63) is 35.6 Å². The smallest absolute Gasteiger partial charge is 0.128 e. The average Bonchev–Trinajstić information content (AvgIpc) is 2.93. The van der Waals surface area contributed by atoms with Gasteiger partial charge in [0.15, 0.2) is 0 Å². The maximum Gasteiger partial charge on any atom is 0.128 e. The third kappa shape index (κ3) is 2.73. The normalized spacial score (nSPS) is 28.3. The molecule has 2 aliphatic heterocycles. The average molecular weight is 278 g/mol. The number of morpholine rings is 1. The van der Waals surface area contributed by atoms with Crippen molar-refractivity contribution in [3.8, 4) is 0 Å². The quantitative estimate of drug-likeness (QED) is 0.915. The van der Waals surface area contributed by atoms with Gasteiger partial charge in [-0.25, -0.2) is 4.39 Å². The van der Waals surface area contributed by atoms with E-state index in [0.717, 1.165) is 31.8 Å². The van der Waals surface area contributed by atoms with Crippen LogP contribution in [0.5, 0.6) is 0 Å². The van der Waals surface area contributed by atoms with Crippen molar-refractivity contribution in [1.82, 2.24) is 10.2 Å². The molecular weight excluding hydrogens is 255 g/mol. The van der Waals surface area contributed by atoms with Crippen molar-refractivity contribution in [3.63, 3.8) is 0 Å². The molecule has 3 unspecified atom stereocenters. The summed E-state index contributed by atoms with van der Waals surface area (Å²) in [6.45, 7) is 5.69. The predicted octanol–water partition coefficient (Wildman–Crippen LogP) is 2.34. The summed E-state index contributed by atoms with van der Waals surface area (Å²) in [4.78, 5) is 2.50. The number of halogens is 1. The Morgan fingerprint density at radius 2 is 2.30 bits per heavy atom. The van der Waals surface area contributed by atoms with Gasteiger partial charge >= 0.3 is 0 Å². The number of benzene rings is 1. The number of hydrogen-bond donors (Lipinski definition) is 1.